The fourth-order valence-electron chi connectivity index (χ4n) is 0.667. The zero-order chi connectivity index (χ0) is 7.72. The van der Waals surface area contributed by atoms with Gasteiger partial charge < -0.3 is 0 Å². The van der Waals surface area contributed by atoms with E-state index in [0.717, 1.165) is 6.07 Å². The highest BCUT2D eigenvalue weighted by Gasteiger charge is 2.05. The number of halogens is 2. The smallest absolute Gasteiger partial charge is 0.162 e. The van der Waals surface area contributed by atoms with Crippen molar-refractivity contribution in [3.8, 4) is 0 Å². The van der Waals surface area contributed by atoms with E-state index >= 15 is 0 Å². The minimum Gasteiger partial charge on any atom is -0.204 e. The van der Waals surface area contributed by atoms with E-state index in [2.05, 4.69) is 9.24 Å². The summed E-state index contributed by atoms with van der Waals surface area (Å²) in [5, 5.41) is 0.693. The van der Waals surface area contributed by atoms with E-state index in [0.29, 0.717) is 10.9 Å². The molecule has 1 rings (SSSR count). The van der Waals surface area contributed by atoms with Crippen LogP contribution in [-0.4, -0.2) is 0 Å². The third-order valence-electron chi connectivity index (χ3n) is 1.38. The highest BCUT2D eigenvalue weighted by Crippen LogP contribution is 2.09. The predicted octanol–water partition coefficient (Wildman–Crippen LogP) is 1.77. The van der Waals surface area contributed by atoms with Gasteiger partial charge in [0.2, 0.25) is 0 Å². The normalized spacial score (nSPS) is 10.0. The van der Waals surface area contributed by atoms with Crippen molar-refractivity contribution in [1.29, 1.82) is 0 Å². The molecule has 0 heterocycles. The highest BCUT2D eigenvalue weighted by atomic mass is 31.0. The molecular weight excluding hydrogens is 153 g/mol. The topological polar surface area (TPSA) is 0 Å². The van der Waals surface area contributed by atoms with Crippen molar-refractivity contribution in [1.82, 2.24) is 0 Å². The van der Waals surface area contributed by atoms with Crippen LogP contribution in [0, 0.1) is 18.6 Å². The molecule has 54 valence electrons. The van der Waals surface area contributed by atoms with Crippen LogP contribution in [0.2, 0.25) is 0 Å². The molecule has 0 bridgehead atoms. The standard InChI is InChI=1S/C7H7F2P/c1-4-6(10)3-2-5(8)7(4)9/h2-3H,10H2,1H3. The van der Waals surface area contributed by atoms with Gasteiger partial charge in [0.1, 0.15) is 0 Å². The monoisotopic (exact) mass is 160 g/mol. The molecule has 0 nitrogen and oxygen atoms in total. The van der Waals surface area contributed by atoms with Crippen molar-refractivity contribution < 1.29 is 8.78 Å². The van der Waals surface area contributed by atoms with Gasteiger partial charge in [0, 0.05) is 0 Å². The fraction of sp³-hybridized carbons (Fsp3) is 0.143. The van der Waals surface area contributed by atoms with Crippen molar-refractivity contribution in [2.45, 2.75) is 6.92 Å². The highest BCUT2D eigenvalue weighted by molar-refractivity contribution is 7.27. The first-order valence-corrected chi connectivity index (χ1v) is 3.40. The molecule has 0 N–H and O–H groups in total. The van der Waals surface area contributed by atoms with Crippen molar-refractivity contribution in [2.24, 2.45) is 0 Å². The summed E-state index contributed by atoms with van der Waals surface area (Å²) in [5.41, 5.74) is 0.352. The summed E-state index contributed by atoms with van der Waals surface area (Å²) in [6, 6.07) is 2.64. The molecule has 1 aromatic carbocycles. The molecule has 1 aromatic rings. The Morgan fingerprint density at radius 3 is 2.40 bits per heavy atom. The molecule has 0 saturated carbocycles. The molecule has 0 saturated heterocycles. The number of hydrogen-bond acceptors (Lipinski definition) is 0. The molecular formula is C7H7F2P. The molecule has 1 atom stereocenters. The van der Waals surface area contributed by atoms with Crippen molar-refractivity contribution in [2.75, 3.05) is 0 Å². The van der Waals surface area contributed by atoms with E-state index in [4.69, 9.17) is 0 Å². The first-order valence-electron chi connectivity index (χ1n) is 2.83. The van der Waals surface area contributed by atoms with Gasteiger partial charge in [-0.2, -0.15) is 0 Å². The SMILES string of the molecule is Cc1c(P)ccc(F)c1F. The Morgan fingerprint density at radius 1 is 1.30 bits per heavy atom. The Hall–Kier alpha value is -0.490. The Morgan fingerprint density at radius 2 is 1.90 bits per heavy atom. The maximum Gasteiger partial charge on any atom is 0.162 e. The van der Waals surface area contributed by atoms with Crippen LogP contribution in [0.5, 0.6) is 0 Å². The summed E-state index contributed by atoms with van der Waals surface area (Å²) in [7, 11) is 2.34. The molecule has 0 aliphatic rings. The van der Waals surface area contributed by atoms with E-state index in [1.807, 2.05) is 0 Å². The Kier molecular flexibility index (Phi) is 2.00. The van der Waals surface area contributed by atoms with Crippen molar-refractivity contribution in [3.05, 3.63) is 29.3 Å². The number of benzene rings is 1. The minimum absolute atomic E-state index is 0.352. The number of rotatable bonds is 0. The lowest BCUT2D eigenvalue weighted by molar-refractivity contribution is 0.504. The molecule has 0 aliphatic carbocycles. The van der Waals surface area contributed by atoms with Crippen molar-refractivity contribution in [3.63, 3.8) is 0 Å². The molecule has 3 heteroatoms. The van der Waals surface area contributed by atoms with E-state index in [1.165, 1.54) is 6.07 Å². The molecule has 0 amide bonds. The van der Waals surface area contributed by atoms with Gasteiger partial charge in [-0.15, -0.1) is 9.24 Å². The zero-order valence-electron chi connectivity index (χ0n) is 5.49. The molecule has 0 aromatic heterocycles. The summed E-state index contributed by atoms with van der Waals surface area (Å²) in [5.74, 6) is -1.55. The summed E-state index contributed by atoms with van der Waals surface area (Å²) in [4.78, 5) is 0. The molecule has 0 fully saturated rings. The van der Waals surface area contributed by atoms with E-state index < -0.39 is 11.6 Å². The first-order chi connectivity index (χ1) is 4.63. The van der Waals surface area contributed by atoms with E-state index in [1.54, 1.807) is 6.92 Å². The van der Waals surface area contributed by atoms with E-state index in [9.17, 15) is 8.78 Å². The summed E-state index contributed by atoms with van der Waals surface area (Å²) < 4.78 is 25.0. The van der Waals surface area contributed by atoms with Crippen LogP contribution in [0.4, 0.5) is 8.78 Å². The Labute approximate surface area is 60.5 Å². The molecule has 0 spiro atoms. The number of hydrogen-bond donors (Lipinski definition) is 0. The van der Waals surface area contributed by atoms with Gasteiger partial charge in [-0.1, -0.05) is 6.07 Å². The molecule has 0 radical (unpaired) electrons. The average Bonchev–Trinajstić information content (AvgIpc) is 1.93. The summed E-state index contributed by atoms with van der Waals surface area (Å²) >= 11 is 0. The second-order valence-electron chi connectivity index (χ2n) is 2.08. The van der Waals surface area contributed by atoms with Gasteiger partial charge >= 0.3 is 0 Å². The van der Waals surface area contributed by atoms with Crippen LogP contribution in [0.15, 0.2) is 12.1 Å². The van der Waals surface area contributed by atoms with Gasteiger partial charge in [0.25, 0.3) is 0 Å². The second-order valence-corrected chi connectivity index (χ2v) is 2.70. The first kappa shape index (κ1) is 7.62. The van der Waals surface area contributed by atoms with Crippen molar-refractivity contribution >= 4 is 14.5 Å². The largest absolute Gasteiger partial charge is 0.204 e. The minimum atomic E-state index is -0.788. The summed E-state index contributed by atoms with van der Waals surface area (Å²) in [6.07, 6.45) is 0. The lowest BCUT2D eigenvalue weighted by Crippen LogP contribution is -2.01. The maximum absolute atomic E-state index is 12.6. The lowest BCUT2D eigenvalue weighted by Gasteiger charge is -1.99. The van der Waals surface area contributed by atoms with Gasteiger partial charge in [-0.25, -0.2) is 8.78 Å². The molecule has 0 aliphatic heterocycles. The third-order valence-corrected chi connectivity index (χ3v) is 2.01. The van der Waals surface area contributed by atoms with Crippen LogP contribution in [0.25, 0.3) is 0 Å². The van der Waals surface area contributed by atoms with Crippen LogP contribution >= 0.6 is 9.24 Å². The summed E-state index contributed by atoms with van der Waals surface area (Å²) in [6.45, 7) is 1.54. The van der Waals surface area contributed by atoms with Crippen LogP contribution in [-0.2, 0) is 0 Å². The molecule has 1 unspecified atom stereocenters. The maximum atomic E-state index is 12.6. The Bertz CT molecular complexity index is 231. The second kappa shape index (κ2) is 2.63. The Balaban J connectivity index is 3.34. The van der Waals surface area contributed by atoms with Gasteiger partial charge in [0.05, 0.1) is 0 Å². The van der Waals surface area contributed by atoms with Gasteiger partial charge in [-0.05, 0) is 23.9 Å². The fourth-order valence-corrected chi connectivity index (χ4v) is 0.890. The van der Waals surface area contributed by atoms with E-state index in [-0.39, 0.29) is 0 Å². The third kappa shape index (κ3) is 1.17. The molecule has 10 heavy (non-hydrogen) atoms. The van der Waals surface area contributed by atoms with Crippen LogP contribution < -0.4 is 5.30 Å². The quantitative estimate of drug-likeness (QED) is 0.507. The van der Waals surface area contributed by atoms with Gasteiger partial charge in [-0.3, -0.25) is 0 Å². The van der Waals surface area contributed by atoms with Crippen LogP contribution in [0.3, 0.4) is 0 Å². The van der Waals surface area contributed by atoms with Crippen LogP contribution in [0.1, 0.15) is 5.56 Å². The predicted molar refractivity (Wildman–Crippen MR) is 40.4 cm³/mol. The average molecular weight is 160 g/mol. The van der Waals surface area contributed by atoms with Gasteiger partial charge in [0.15, 0.2) is 11.6 Å². The lowest BCUT2D eigenvalue weighted by atomic mass is 10.2. The zero-order valence-corrected chi connectivity index (χ0v) is 6.64.